The van der Waals surface area contributed by atoms with Crippen molar-refractivity contribution >= 4 is 10.0 Å². The van der Waals surface area contributed by atoms with Gasteiger partial charge < -0.3 is 4.90 Å². The zero-order valence-corrected chi connectivity index (χ0v) is 7.69. The molecule has 1 saturated heterocycles. The molecule has 66 valence electrons. The molecule has 4 nitrogen and oxygen atoms in total. The minimum atomic E-state index is -3.01. The van der Waals surface area contributed by atoms with Gasteiger partial charge in [-0.15, -0.1) is 0 Å². The molecule has 0 radical (unpaired) electrons. The van der Waals surface area contributed by atoms with Gasteiger partial charge in [-0.05, 0) is 20.0 Å². The third-order valence-electron chi connectivity index (χ3n) is 1.77. The van der Waals surface area contributed by atoms with Crippen molar-refractivity contribution < 1.29 is 8.42 Å². The van der Waals surface area contributed by atoms with Crippen molar-refractivity contribution in [3.63, 3.8) is 0 Å². The Morgan fingerprint density at radius 1 is 1.55 bits per heavy atom. The monoisotopic (exact) mass is 178 g/mol. The van der Waals surface area contributed by atoms with Gasteiger partial charge in [-0.1, -0.05) is 0 Å². The second kappa shape index (κ2) is 3.08. The summed E-state index contributed by atoms with van der Waals surface area (Å²) >= 11 is 0. The van der Waals surface area contributed by atoms with Crippen molar-refractivity contribution in [3.8, 4) is 0 Å². The molecule has 0 amide bonds. The van der Waals surface area contributed by atoms with E-state index in [0.717, 1.165) is 19.5 Å². The SMILES string of the molecule is CN1CCC(NS(C)(=O)=O)C1. The van der Waals surface area contributed by atoms with Crippen LogP contribution in [0.25, 0.3) is 0 Å². The molecule has 1 aliphatic rings. The van der Waals surface area contributed by atoms with Crippen LogP contribution >= 0.6 is 0 Å². The van der Waals surface area contributed by atoms with E-state index in [0.29, 0.717) is 0 Å². The van der Waals surface area contributed by atoms with E-state index in [1.54, 1.807) is 0 Å². The summed E-state index contributed by atoms with van der Waals surface area (Å²) in [5.41, 5.74) is 0. The maximum absolute atomic E-state index is 10.8. The molecule has 0 aromatic carbocycles. The Bertz CT molecular complexity index is 225. The first-order valence-electron chi connectivity index (χ1n) is 3.63. The third-order valence-corrected chi connectivity index (χ3v) is 2.53. The summed E-state index contributed by atoms with van der Waals surface area (Å²) in [7, 11) is -1.02. The fourth-order valence-corrected chi connectivity index (χ4v) is 2.13. The van der Waals surface area contributed by atoms with Crippen molar-refractivity contribution in [2.75, 3.05) is 26.4 Å². The van der Waals surface area contributed by atoms with Gasteiger partial charge in [0.25, 0.3) is 0 Å². The number of sulfonamides is 1. The van der Waals surface area contributed by atoms with Gasteiger partial charge in [-0.2, -0.15) is 0 Å². The third kappa shape index (κ3) is 3.18. The lowest BCUT2D eigenvalue weighted by atomic mass is 10.3. The minimum Gasteiger partial charge on any atom is -0.305 e. The van der Waals surface area contributed by atoms with Crippen LogP contribution in [-0.2, 0) is 10.0 Å². The summed E-state index contributed by atoms with van der Waals surface area (Å²) < 4.78 is 24.1. The summed E-state index contributed by atoms with van der Waals surface area (Å²) in [6.07, 6.45) is 2.12. The molecule has 1 unspecified atom stereocenters. The highest BCUT2D eigenvalue weighted by Crippen LogP contribution is 2.06. The summed E-state index contributed by atoms with van der Waals surface area (Å²) in [5, 5.41) is 0. The van der Waals surface area contributed by atoms with Crippen LogP contribution in [0.5, 0.6) is 0 Å². The van der Waals surface area contributed by atoms with Gasteiger partial charge >= 0.3 is 0 Å². The number of nitrogens with one attached hydrogen (secondary N) is 1. The van der Waals surface area contributed by atoms with E-state index in [1.165, 1.54) is 6.26 Å². The van der Waals surface area contributed by atoms with Gasteiger partial charge in [0, 0.05) is 12.6 Å². The molecular formula is C6H14N2O2S. The highest BCUT2D eigenvalue weighted by molar-refractivity contribution is 7.88. The Morgan fingerprint density at radius 3 is 2.55 bits per heavy atom. The minimum absolute atomic E-state index is 0.120. The number of hydrogen-bond donors (Lipinski definition) is 1. The molecule has 0 saturated carbocycles. The van der Waals surface area contributed by atoms with Crippen LogP contribution in [0.3, 0.4) is 0 Å². The molecule has 5 heteroatoms. The number of nitrogens with zero attached hydrogens (tertiary/aromatic N) is 1. The van der Waals surface area contributed by atoms with Crippen molar-refractivity contribution in [2.45, 2.75) is 12.5 Å². The standard InChI is InChI=1S/C6H14N2O2S/c1-8-4-3-6(5-8)7-11(2,9)10/h6-7H,3-5H2,1-2H3. The number of hydrogen-bond acceptors (Lipinski definition) is 3. The van der Waals surface area contributed by atoms with Crippen LogP contribution in [0.15, 0.2) is 0 Å². The van der Waals surface area contributed by atoms with E-state index in [-0.39, 0.29) is 6.04 Å². The second-order valence-electron chi connectivity index (χ2n) is 3.14. The van der Waals surface area contributed by atoms with Crippen LogP contribution < -0.4 is 4.72 Å². The Kier molecular flexibility index (Phi) is 2.51. The van der Waals surface area contributed by atoms with Crippen LogP contribution in [0.4, 0.5) is 0 Å². The lowest BCUT2D eigenvalue weighted by Gasteiger charge is -2.10. The highest BCUT2D eigenvalue weighted by Gasteiger charge is 2.21. The summed E-state index contributed by atoms with van der Waals surface area (Å²) in [6, 6.07) is 0.120. The molecule has 0 bridgehead atoms. The average Bonchev–Trinajstić information content (AvgIpc) is 2.10. The van der Waals surface area contributed by atoms with Gasteiger partial charge in [0.15, 0.2) is 0 Å². The molecular weight excluding hydrogens is 164 g/mol. The number of rotatable bonds is 2. The van der Waals surface area contributed by atoms with E-state index in [1.807, 2.05) is 7.05 Å². The Hall–Kier alpha value is -0.130. The molecule has 0 aromatic heterocycles. The van der Waals surface area contributed by atoms with Crippen LogP contribution in [0.1, 0.15) is 6.42 Å². The topological polar surface area (TPSA) is 49.4 Å². The van der Waals surface area contributed by atoms with Gasteiger partial charge in [-0.25, -0.2) is 13.1 Å². The van der Waals surface area contributed by atoms with E-state index in [2.05, 4.69) is 9.62 Å². The maximum atomic E-state index is 10.8. The van der Waals surface area contributed by atoms with E-state index >= 15 is 0 Å². The second-order valence-corrected chi connectivity index (χ2v) is 4.92. The van der Waals surface area contributed by atoms with Gasteiger partial charge in [0.2, 0.25) is 10.0 Å². The smallest absolute Gasteiger partial charge is 0.208 e. The van der Waals surface area contributed by atoms with E-state index in [9.17, 15) is 8.42 Å². The van der Waals surface area contributed by atoms with Crippen molar-refractivity contribution in [3.05, 3.63) is 0 Å². The molecule has 1 fully saturated rings. The molecule has 1 heterocycles. The Labute approximate surface area is 67.6 Å². The number of likely N-dealkylation sites (tertiary alicyclic amines) is 1. The fourth-order valence-electron chi connectivity index (χ4n) is 1.33. The largest absolute Gasteiger partial charge is 0.305 e. The van der Waals surface area contributed by atoms with Crippen molar-refractivity contribution in [2.24, 2.45) is 0 Å². The molecule has 0 spiro atoms. The van der Waals surface area contributed by atoms with Crippen molar-refractivity contribution in [1.29, 1.82) is 0 Å². The predicted molar refractivity (Wildman–Crippen MR) is 43.9 cm³/mol. The first-order valence-corrected chi connectivity index (χ1v) is 5.52. The quantitative estimate of drug-likeness (QED) is 0.604. The van der Waals surface area contributed by atoms with Crippen molar-refractivity contribution in [1.82, 2.24) is 9.62 Å². The molecule has 11 heavy (non-hydrogen) atoms. The highest BCUT2D eigenvalue weighted by atomic mass is 32.2. The van der Waals surface area contributed by atoms with E-state index in [4.69, 9.17) is 0 Å². The molecule has 1 atom stereocenters. The average molecular weight is 178 g/mol. The summed E-state index contributed by atoms with van der Waals surface area (Å²) in [4.78, 5) is 2.11. The Balaban J connectivity index is 2.41. The fraction of sp³-hybridized carbons (Fsp3) is 1.00. The number of likely N-dealkylation sites (N-methyl/N-ethyl adjacent to an activating group) is 1. The summed E-state index contributed by atoms with van der Waals surface area (Å²) in [5.74, 6) is 0. The molecule has 0 aliphatic carbocycles. The normalized spacial score (nSPS) is 27.6. The lowest BCUT2D eigenvalue weighted by Crippen LogP contribution is -2.35. The van der Waals surface area contributed by atoms with Gasteiger partial charge in [0.05, 0.1) is 6.26 Å². The van der Waals surface area contributed by atoms with Gasteiger partial charge in [0.1, 0.15) is 0 Å². The first-order chi connectivity index (χ1) is 4.97. The van der Waals surface area contributed by atoms with Crippen LogP contribution in [0, 0.1) is 0 Å². The molecule has 1 rings (SSSR count). The van der Waals surface area contributed by atoms with Crippen LogP contribution in [0.2, 0.25) is 0 Å². The first kappa shape index (κ1) is 8.96. The summed E-state index contributed by atoms with van der Waals surface area (Å²) in [6.45, 7) is 1.81. The zero-order chi connectivity index (χ0) is 8.48. The molecule has 1 aliphatic heterocycles. The predicted octanol–water partition coefficient (Wildman–Crippen LogP) is -0.760. The lowest BCUT2D eigenvalue weighted by molar-refractivity contribution is 0.407. The molecule has 1 N–H and O–H groups in total. The van der Waals surface area contributed by atoms with E-state index < -0.39 is 10.0 Å². The maximum Gasteiger partial charge on any atom is 0.208 e. The molecule has 0 aromatic rings. The zero-order valence-electron chi connectivity index (χ0n) is 6.87. The van der Waals surface area contributed by atoms with Gasteiger partial charge in [-0.3, -0.25) is 0 Å². The van der Waals surface area contributed by atoms with Crippen LogP contribution in [-0.4, -0.2) is 45.8 Å². The Morgan fingerprint density at radius 2 is 2.18 bits per heavy atom.